The SMILES string of the molecule is O=C(COC(=O)CNC(=O)c1ccccc1F)Nc1ccc(Cl)cc1Cl. The highest BCUT2D eigenvalue weighted by Gasteiger charge is 2.14. The van der Waals surface area contributed by atoms with E-state index >= 15 is 0 Å². The van der Waals surface area contributed by atoms with Gasteiger partial charge in [-0.3, -0.25) is 14.4 Å². The predicted octanol–water partition coefficient (Wildman–Crippen LogP) is 3.04. The van der Waals surface area contributed by atoms with E-state index in [1.807, 2.05) is 0 Å². The van der Waals surface area contributed by atoms with Crippen molar-refractivity contribution in [2.45, 2.75) is 0 Å². The Hall–Kier alpha value is -2.64. The van der Waals surface area contributed by atoms with Gasteiger partial charge in [0, 0.05) is 5.02 Å². The average Bonchev–Trinajstić information content (AvgIpc) is 2.60. The minimum Gasteiger partial charge on any atom is -0.454 e. The second-order valence-electron chi connectivity index (χ2n) is 5.00. The molecule has 2 aromatic carbocycles. The normalized spacial score (nSPS) is 10.1. The van der Waals surface area contributed by atoms with Crippen LogP contribution in [0, 0.1) is 5.82 Å². The summed E-state index contributed by atoms with van der Waals surface area (Å²) in [5.74, 6) is -2.95. The summed E-state index contributed by atoms with van der Waals surface area (Å²) in [7, 11) is 0. The first-order valence-electron chi connectivity index (χ1n) is 7.30. The van der Waals surface area contributed by atoms with E-state index < -0.39 is 36.8 Å². The molecule has 0 aliphatic rings. The van der Waals surface area contributed by atoms with Crippen molar-refractivity contribution < 1.29 is 23.5 Å². The Morgan fingerprint density at radius 3 is 2.50 bits per heavy atom. The molecule has 0 bridgehead atoms. The number of rotatable bonds is 6. The number of nitrogens with one attached hydrogen (secondary N) is 2. The number of carbonyl (C=O) groups is 3. The lowest BCUT2D eigenvalue weighted by Crippen LogP contribution is -2.32. The van der Waals surface area contributed by atoms with E-state index in [2.05, 4.69) is 10.6 Å². The van der Waals surface area contributed by atoms with Gasteiger partial charge in [0.25, 0.3) is 11.8 Å². The minimum absolute atomic E-state index is 0.199. The summed E-state index contributed by atoms with van der Waals surface area (Å²) in [6.07, 6.45) is 0. The van der Waals surface area contributed by atoms with E-state index in [4.69, 9.17) is 27.9 Å². The van der Waals surface area contributed by atoms with Crippen LogP contribution in [0.15, 0.2) is 42.5 Å². The molecule has 0 aliphatic carbocycles. The van der Waals surface area contributed by atoms with Crippen LogP contribution in [0.4, 0.5) is 10.1 Å². The number of amides is 2. The van der Waals surface area contributed by atoms with Crippen LogP contribution in [0.5, 0.6) is 0 Å². The van der Waals surface area contributed by atoms with Crippen LogP contribution in [0.1, 0.15) is 10.4 Å². The van der Waals surface area contributed by atoms with Crippen LogP contribution in [0.2, 0.25) is 10.0 Å². The Bertz CT molecular complexity index is 845. The molecule has 2 amide bonds. The molecule has 0 saturated heterocycles. The van der Waals surface area contributed by atoms with Crippen molar-refractivity contribution in [3.63, 3.8) is 0 Å². The Morgan fingerprint density at radius 1 is 1.08 bits per heavy atom. The third-order valence-corrected chi connectivity index (χ3v) is 3.63. The zero-order valence-electron chi connectivity index (χ0n) is 13.2. The zero-order valence-corrected chi connectivity index (χ0v) is 14.7. The maximum absolute atomic E-state index is 13.4. The molecule has 6 nitrogen and oxygen atoms in total. The van der Waals surface area contributed by atoms with Gasteiger partial charge in [0.1, 0.15) is 12.4 Å². The molecule has 2 N–H and O–H groups in total. The third-order valence-electron chi connectivity index (χ3n) is 3.08. The maximum Gasteiger partial charge on any atom is 0.325 e. The Kier molecular flexibility index (Phi) is 6.94. The summed E-state index contributed by atoms with van der Waals surface area (Å²) < 4.78 is 18.2. The summed E-state index contributed by atoms with van der Waals surface area (Å²) in [6, 6.07) is 9.81. The van der Waals surface area contributed by atoms with Crippen molar-refractivity contribution in [2.75, 3.05) is 18.5 Å². The third kappa shape index (κ3) is 5.72. The van der Waals surface area contributed by atoms with Crippen LogP contribution in [-0.2, 0) is 14.3 Å². The average molecular weight is 399 g/mol. The van der Waals surface area contributed by atoms with Gasteiger partial charge in [-0.15, -0.1) is 0 Å². The second-order valence-corrected chi connectivity index (χ2v) is 5.84. The summed E-state index contributed by atoms with van der Waals surface area (Å²) >= 11 is 11.7. The Labute approximate surface area is 158 Å². The van der Waals surface area contributed by atoms with Gasteiger partial charge in [0.2, 0.25) is 0 Å². The smallest absolute Gasteiger partial charge is 0.325 e. The van der Waals surface area contributed by atoms with Gasteiger partial charge in [-0.25, -0.2) is 4.39 Å². The highest BCUT2D eigenvalue weighted by molar-refractivity contribution is 6.36. The lowest BCUT2D eigenvalue weighted by atomic mass is 10.2. The molecule has 0 fully saturated rings. The van der Waals surface area contributed by atoms with Crippen LogP contribution in [0.3, 0.4) is 0 Å². The number of esters is 1. The van der Waals surface area contributed by atoms with Gasteiger partial charge < -0.3 is 15.4 Å². The second kappa shape index (κ2) is 9.17. The molecule has 0 saturated carbocycles. The van der Waals surface area contributed by atoms with Gasteiger partial charge in [-0.1, -0.05) is 35.3 Å². The van der Waals surface area contributed by atoms with Crippen molar-refractivity contribution >= 4 is 46.7 Å². The first-order chi connectivity index (χ1) is 12.4. The van der Waals surface area contributed by atoms with Crippen LogP contribution in [0.25, 0.3) is 0 Å². The highest BCUT2D eigenvalue weighted by Crippen LogP contribution is 2.25. The Morgan fingerprint density at radius 2 is 1.81 bits per heavy atom. The monoisotopic (exact) mass is 398 g/mol. The number of ether oxygens (including phenoxy) is 1. The van der Waals surface area contributed by atoms with E-state index in [0.717, 1.165) is 6.07 Å². The van der Waals surface area contributed by atoms with Crippen molar-refractivity contribution in [3.05, 3.63) is 63.9 Å². The standard InChI is InChI=1S/C17H13Cl2FN2O4/c18-10-5-6-14(12(19)7-10)22-15(23)9-26-16(24)8-21-17(25)11-3-1-2-4-13(11)20/h1-7H,8-9H2,(H,21,25)(H,22,23). The fraction of sp³-hybridized carbons (Fsp3) is 0.118. The molecule has 0 spiro atoms. The van der Waals surface area contributed by atoms with Crippen molar-refractivity contribution in [3.8, 4) is 0 Å². The number of anilines is 1. The fourth-order valence-electron chi connectivity index (χ4n) is 1.87. The minimum atomic E-state index is -0.855. The number of halogens is 3. The lowest BCUT2D eigenvalue weighted by Gasteiger charge is -2.09. The predicted molar refractivity (Wildman–Crippen MR) is 94.8 cm³/mol. The van der Waals surface area contributed by atoms with E-state index in [-0.39, 0.29) is 10.6 Å². The molecular formula is C17H13Cl2FN2O4. The Balaban J connectivity index is 1.77. The number of benzene rings is 2. The van der Waals surface area contributed by atoms with E-state index in [1.54, 1.807) is 0 Å². The molecule has 0 aliphatic heterocycles. The summed E-state index contributed by atoms with van der Waals surface area (Å²) in [5.41, 5.74) is 0.111. The fourth-order valence-corrected chi connectivity index (χ4v) is 2.32. The summed E-state index contributed by atoms with van der Waals surface area (Å²) in [4.78, 5) is 35.1. The van der Waals surface area contributed by atoms with Crippen LogP contribution in [-0.4, -0.2) is 30.9 Å². The van der Waals surface area contributed by atoms with E-state index in [1.165, 1.54) is 36.4 Å². The lowest BCUT2D eigenvalue weighted by molar-refractivity contribution is -0.146. The molecule has 2 aromatic rings. The van der Waals surface area contributed by atoms with Crippen molar-refractivity contribution in [1.29, 1.82) is 0 Å². The first-order valence-corrected chi connectivity index (χ1v) is 8.05. The van der Waals surface area contributed by atoms with Gasteiger partial charge >= 0.3 is 5.97 Å². The van der Waals surface area contributed by atoms with Crippen LogP contribution < -0.4 is 10.6 Å². The van der Waals surface area contributed by atoms with E-state index in [9.17, 15) is 18.8 Å². The molecule has 2 rings (SSSR count). The zero-order chi connectivity index (χ0) is 19.1. The number of hydrogen-bond acceptors (Lipinski definition) is 4. The van der Waals surface area contributed by atoms with Gasteiger partial charge in [-0.05, 0) is 30.3 Å². The highest BCUT2D eigenvalue weighted by atomic mass is 35.5. The maximum atomic E-state index is 13.4. The van der Waals surface area contributed by atoms with E-state index in [0.29, 0.717) is 10.7 Å². The molecular weight excluding hydrogens is 386 g/mol. The largest absolute Gasteiger partial charge is 0.454 e. The molecule has 0 aromatic heterocycles. The topological polar surface area (TPSA) is 84.5 Å². The summed E-state index contributed by atoms with van der Waals surface area (Å²) in [5, 5.41) is 5.29. The van der Waals surface area contributed by atoms with Crippen LogP contribution >= 0.6 is 23.2 Å². The number of hydrogen-bond donors (Lipinski definition) is 2. The molecule has 136 valence electrons. The quantitative estimate of drug-likeness (QED) is 0.732. The molecule has 0 heterocycles. The molecule has 0 unspecified atom stereocenters. The molecule has 26 heavy (non-hydrogen) atoms. The van der Waals surface area contributed by atoms with Gasteiger partial charge in [-0.2, -0.15) is 0 Å². The van der Waals surface area contributed by atoms with Crippen molar-refractivity contribution in [2.24, 2.45) is 0 Å². The van der Waals surface area contributed by atoms with Gasteiger partial charge in [0.05, 0.1) is 16.3 Å². The number of carbonyl (C=O) groups excluding carboxylic acids is 3. The first kappa shape index (κ1) is 19.7. The van der Waals surface area contributed by atoms with Crippen molar-refractivity contribution in [1.82, 2.24) is 5.32 Å². The van der Waals surface area contributed by atoms with Gasteiger partial charge in [0.15, 0.2) is 6.61 Å². The molecule has 0 atom stereocenters. The molecule has 0 radical (unpaired) electrons. The summed E-state index contributed by atoms with van der Waals surface area (Å²) in [6.45, 7) is -1.09. The molecule has 9 heteroatoms.